The first kappa shape index (κ1) is 14.5. The maximum atomic E-state index is 11.4. The Morgan fingerprint density at radius 2 is 2.17 bits per heavy atom. The fourth-order valence-corrected chi connectivity index (χ4v) is 2.13. The second kappa shape index (κ2) is 5.85. The summed E-state index contributed by atoms with van der Waals surface area (Å²) in [4.78, 5) is 15.8. The van der Waals surface area contributed by atoms with Crippen molar-refractivity contribution in [2.24, 2.45) is 5.41 Å². The molecular formula is C14H21NO3. The summed E-state index contributed by atoms with van der Waals surface area (Å²) in [6.45, 7) is 5.64. The maximum absolute atomic E-state index is 11.4. The van der Waals surface area contributed by atoms with Gasteiger partial charge in [0.15, 0.2) is 0 Å². The molecule has 0 spiro atoms. The first-order valence-electron chi connectivity index (χ1n) is 6.16. The quantitative estimate of drug-likeness (QED) is 0.844. The zero-order valence-corrected chi connectivity index (χ0v) is 11.5. The minimum absolute atomic E-state index is 0.425. The minimum atomic E-state index is -0.772. The molecule has 1 aromatic heterocycles. The highest BCUT2D eigenvalue weighted by Crippen LogP contribution is 2.29. The van der Waals surface area contributed by atoms with Gasteiger partial charge in [0, 0.05) is 29.9 Å². The third kappa shape index (κ3) is 3.45. The SMILES string of the molecule is CCCC(C)(Cc1cc(OC)cc(C)n1)C(=O)O. The van der Waals surface area contributed by atoms with Crippen LogP contribution in [0.2, 0.25) is 0 Å². The fourth-order valence-electron chi connectivity index (χ4n) is 2.13. The lowest BCUT2D eigenvalue weighted by Crippen LogP contribution is -2.30. The zero-order valence-electron chi connectivity index (χ0n) is 11.5. The van der Waals surface area contributed by atoms with Crippen LogP contribution in [-0.4, -0.2) is 23.2 Å². The van der Waals surface area contributed by atoms with Gasteiger partial charge < -0.3 is 9.84 Å². The molecule has 0 saturated carbocycles. The topological polar surface area (TPSA) is 59.4 Å². The highest BCUT2D eigenvalue weighted by atomic mass is 16.5. The molecule has 0 saturated heterocycles. The van der Waals surface area contributed by atoms with Gasteiger partial charge in [0.05, 0.1) is 12.5 Å². The Balaban J connectivity index is 3.00. The highest BCUT2D eigenvalue weighted by molar-refractivity contribution is 5.74. The van der Waals surface area contributed by atoms with Crippen molar-refractivity contribution in [3.8, 4) is 5.75 Å². The summed E-state index contributed by atoms with van der Waals surface area (Å²) in [5, 5.41) is 9.36. The minimum Gasteiger partial charge on any atom is -0.497 e. The number of hydrogen-bond acceptors (Lipinski definition) is 3. The number of carboxylic acids is 1. The predicted molar refractivity (Wildman–Crippen MR) is 69.9 cm³/mol. The average Bonchev–Trinajstić information content (AvgIpc) is 2.28. The van der Waals surface area contributed by atoms with Gasteiger partial charge in [-0.25, -0.2) is 0 Å². The summed E-state index contributed by atoms with van der Waals surface area (Å²) < 4.78 is 5.18. The Labute approximate surface area is 108 Å². The van der Waals surface area contributed by atoms with Crippen molar-refractivity contribution in [1.82, 2.24) is 4.98 Å². The lowest BCUT2D eigenvalue weighted by Gasteiger charge is -2.24. The van der Waals surface area contributed by atoms with Crippen LogP contribution in [0.15, 0.2) is 12.1 Å². The molecule has 1 heterocycles. The molecule has 0 aliphatic heterocycles. The van der Waals surface area contributed by atoms with Gasteiger partial charge in [-0.2, -0.15) is 0 Å². The van der Waals surface area contributed by atoms with Crippen LogP contribution in [0.5, 0.6) is 5.75 Å². The lowest BCUT2D eigenvalue weighted by molar-refractivity contribution is -0.148. The third-order valence-corrected chi connectivity index (χ3v) is 3.11. The second-order valence-corrected chi connectivity index (χ2v) is 4.93. The number of carboxylic acid groups (broad SMARTS) is 1. The van der Waals surface area contributed by atoms with Gasteiger partial charge in [-0.3, -0.25) is 9.78 Å². The Hall–Kier alpha value is -1.58. The van der Waals surface area contributed by atoms with Crippen molar-refractivity contribution >= 4 is 5.97 Å². The normalized spacial score (nSPS) is 14.0. The summed E-state index contributed by atoms with van der Waals surface area (Å²) >= 11 is 0. The number of aromatic nitrogens is 1. The predicted octanol–water partition coefficient (Wildman–Crippen LogP) is 2.83. The smallest absolute Gasteiger partial charge is 0.309 e. The maximum Gasteiger partial charge on any atom is 0.309 e. The van der Waals surface area contributed by atoms with Crippen LogP contribution in [0.4, 0.5) is 0 Å². The van der Waals surface area contributed by atoms with Crippen LogP contribution in [0.1, 0.15) is 38.1 Å². The average molecular weight is 251 g/mol. The molecule has 18 heavy (non-hydrogen) atoms. The molecular weight excluding hydrogens is 230 g/mol. The number of ether oxygens (including phenoxy) is 1. The third-order valence-electron chi connectivity index (χ3n) is 3.11. The van der Waals surface area contributed by atoms with Gasteiger partial charge in [-0.1, -0.05) is 13.3 Å². The summed E-state index contributed by atoms with van der Waals surface area (Å²) in [5.41, 5.74) is 0.847. The van der Waals surface area contributed by atoms with Crippen LogP contribution in [-0.2, 0) is 11.2 Å². The van der Waals surface area contributed by atoms with E-state index in [1.807, 2.05) is 26.0 Å². The number of hydrogen-bond donors (Lipinski definition) is 1. The van der Waals surface area contributed by atoms with Crippen molar-refractivity contribution in [2.75, 3.05) is 7.11 Å². The van der Waals surface area contributed by atoms with Gasteiger partial charge in [-0.15, -0.1) is 0 Å². The highest BCUT2D eigenvalue weighted by Gasteiger charge is 2.33. The molecule has 4 nitrogen and oxygen atoms in total. The number of nitrogens with zero attached hydrogens (tertiary/aromatic N) is 1. The van der Waals surface area contributed by atoms with Gasteiger partial charge in [0.25, 0.3) is 0 Å². The Kier molecular flexibility index (Phi) is 4.70. The number of rotatable bonds is 6. The zero-order chi connectivity index (χ0) is 13.8. The standard InChI is InChI=1S/C14H21NO3/c1-5-6-14(3,13(16)17)9-11-8-12(18-4)7-10(2)15-11/h7-8H,5-6,9H2,1-4H3,(H,16,17). The lowest BCUT2D eigenvalue weighted by atomic mass is 9.81. The van der Waals surface area contributed by atoms with Crippen molar-refractivity contribution in [3.63, 3.8) is 0 Å². The van der Waals surface area contributed by atoms with E-state index in [9.17, 15) is 9.90 Å². The number of pyridine rings is 1. The molecule has 0 radical (unpaired) electrons. The molecule has 0 fully saturated rings. The molecule has 4 heteroatoms. The molecule has 0 aromatic carbocycles. The monoisotopic (exact) mass is 251 g/mol. The van der Waals surface area contributed by atoms with Crippen LogP contribution in [0.25, 0.3) is 0 Å². The molecule has 1 rings (SSSR count). The summed E-state index contributed by atoms with van der Waals surface area (Å²) in [5.74, 6) is -0.0478. The second-order valence-electron chi connectivity index (χ2n) is 4.93. The number of carbonyl (C=O) groups is 1. The van der Waals surface area contributed by atoms with Crippen LogP contribution in [0, 0.1) is 12.3 Å². The van der Waals surface area contributed by atoms with E-state index in [0.717, 1.165) is 23.6 Å². The van der Waals surface area contributed by atoms with Crippen LogP contribution in [0.3, 0.4) is 0 Å². The van der Waals surface area contributed by atoms with Gasteiger partial charge in [-0.05, 0) is 20.3 Å². The van der Waals surface area contributed by atoms with E-state index in [1.165, 1.54) is 0 Å². The van der Waals surface area contributed by atoms with Gasteiger partial charge in [0.2, 0.25) is 0 Å². The molecule has 1 aromatic rings. The number of aryl methyl sites for hydroxylation is 1. The van der Waals surface area contributed by atoms with E-state index >= 15 is 0 Å². The molecule has 0 aliphatic rings. The Bertz CT molecular complexity index is 431. The summed E-state index contributed by atoms with van der Waals surface area (Å²) in [7, 11) is 1.60. The van der Waals surface area contributed by atoms with Gasteiger partial charge in [0.1, 0.15) is 5.75 Å². The number of methoxy groups -OCH3 is 1. The molecule has 0 aliphatic carbocycles. The van der Waals surface area contributed by atoms with Gasteiger partial charge >= 0.3 is 5.97 Å². The van der Waals surface area contributed by atoms with E-state index in [0.29, 0.717) is 12.8 Å². The van der Waals surface area contributed by atoms with E-state index in [4.69, 9.17) is 4.74 Å². The number of aliphatic carboxylic acids is 1. The summed E-state index contributed by atoms with van der Waals surface area (Å²) in [6.07, 6.45) is 1.90. The van der Waals surface area contributed by atoms with Crippen molar-refractivity contribution in [2.45, 2.75) is 40.0 Å². The van der Waals surface area contributed by atoms with Crippen molar-refractivity contribution in [1.29, 1.82) is 0 Å². The van der Waals surface area contributed by atoms with E-state index in [1.54, 1.807) is 14.0 Å². The fraction of sp³-hybridized carbons (Fsp3) is 0.571. The molecule has 0 amide bonds. The van der Waals surface area contributed by atoms with E-state index in [2.05, 4.69) is 4.98 Å². The first-order chi connectivity index (χ1) is 8.41. The largest absolute Gasteiger partial charge is 0.497 e. The molecule has 1 atom stereocenters. The molecule has 1 N–H and O–H groups in total. The van der Waals surface area contributed by atoms with E-state index in [-0.39, 0.29) is 0 Å². The molecule has 100 valence electrons. The first-order valence-corrected chi connectivity index (χ1v) is 6.16. The van der Waals surface area contributed by atoms with Crippen molar-refractivity contribution < 1.29 is 14.6 Å². The summed E-state index contributed by atoms with van der Waals surface area (Å²) in [6, 6.07) is 3.64. The molecule has 1 unspecified atom stereocenters. The van der Waals surface area contributed by atoms with Crippen LogP contribution < -0.4 is 4.74 Å². The van der Waals surface area contributed by atoms with E-state index < -0.39 is 11.4 Å². The molecule has 0 bridgehead atoms. The Morgan fingerprint density at radius 3 is 2.67 bits per heavy atom. The van der Waals surface area contributed by atoms with Crippen molar-refractivity contribution in [3.05, 3.63) is 23.5 Å². The van der Waals surface area contributed by atoms with Crippen LogP contribution >= 0.6 is 0 Å². The Morgan fingerprint density at radius 1 is 1.50 bits per heavy atom.